The minimum absolute atomic E-state index is 0.230. The lowest BCUT2D eigenvalue weighted by Crippen LogP contribution is -2.10. The van der Waals surface area contributed by atoms with Gasteiger partial charge in [0.1, 0.15) is 5.75 Å². The van der Waals surface area contributed by atoms with E-state index in [-0.39, 0.29) is 11.7 Å². The number of nitrogens with zero attached hydrogens (tertiary/aromatic N) is 1. The molecule has 0 radical (unpaired) electrons. The molecule has 0 saturated heterocycles. The molecule has 0 unspecified atom stereocenters. The molecule has 7 heteroatoms. The number of furan rings is 1. The molecule has 0 saturated carbocycles. The first-order valence-corrected chi connectivity index (χ1v) is 7.99. The lowest BCUT2D eigenvalue weighted by molar-refractivity contribution is 0.0995. The van der Waals surface area contributed by atoms with Crippen LogP contribution in [0.3, 0.4) is 0 Å². The molecular formula is C15H11BrN2O3S. The van der Waals surface area contributed by atoms with Gasteiger partial charge in [0.2, 0.25) is 0 Å². The first-order chi connectivity index (χ1) is 10.7. The van der Waals surface area contributed by atoms with Gasteiger partial charge in [0.15, 0.2) is 15.6 Å². The quantitative estimate of drug-likeness (QED) is 0.729. The van der Waals surface area contributed by atoms with Crippen LogP contribution < -0.4 is 10.1 Å². The molecule has 0 fully saturated rings. The predicted molar refractivity (Wildman–Crippen MR) is 88.5 cm³/mol. The fourth-order valence-electron chi connectivity index (χ4n) is 1.82. The van der Waals surface area contributed by atoms with Crippen molar-refractivity contribution in [3.63, 3.8) is 0 Å². The summed E-state index contributed by atoms with van der Waals surface area (Å²) in [7, 11) is 1.62. The number of nitrogens with one attached hydrogen (secondary N) is 1. The van der Waals surface area contributed by atoms with Gasteiger partial charge in [0.05, 0.1) is 12.8 Å². The lowest BCUT2D eigenvalue weighted by atomic mass is 10.2. The Balaban J connectivity index is 1.74. The molecule has 3 rings (SSSR count). The van der Waals surface area contributed by atoms with Crippen LogP contribution in [0.15, 0.2) is 50.9 Å². The van der Waals surface area contributed by atoms with Gasteiger partial charge in [-0.05, 0) is 52.3 Å². The Labute approximate surface area is 139 Å². The van der Waals surface area contributed by atoms with Gasteiger partial charge in [-0.25, -0.2) is 4.98 Å². The van der Waals surface area contributed by atoms with Crippen molar-refractivity contribution in [3.8, 4) is 17.0 Å². The second kappa shape index (κ2) is 6.33. The molecule has 2 heterocycles. The van der Waals surface area contributed by atoms with Crippen LogP contribution in [0.4, 0.5) is 5.13 Å². The number of hydrogen-bond acceptors (Lipinski definition) is 5. The Morgan fingerprint density at radius 3 is 2.68 bits per heavy atom. The minimum Gasteiger partial charge on any atom is -0.497 e. The highest BCUT2D eigenvalue weighted by atomic mass is 79.9. The van der Waals surface area contributed by atoms with E-state index in [2.05, 4.69) is 26.2 Å². The summed E-state index contributed by atoms with van der Waals surface area (Å²) in [5, 5.41) is 5.11. The third kappa shape index (κ3) is 3.20. The molecule has 0 aliphatic rings. The standard InChI is InChI=1S/C15H11BrN2O3S/c1-20-10-4-2-9(3-5-10)11-8-22-15(17-11)18-14(19)12-6-7-13(16)21-12/h2-8H,1H3,(H,17,18,19). The van der Waals surface area contributed by atoms with Gasteiger partial charge in [-0.15, -0.1) is 11.3 Å². The van der Waals surface area contributed by atoms with Gasteiger partial charge in [0, 0.05) is 10.9 Å². The molecule has 5 nitrogen and oxygen atoms in total. The van der Waals surface area contributed by atoms with E-state index in [1.807, 2.05) is 29.6 Å². The van der Waals surface area contributed by atoms with Crippen molar-refractivity contribution >= 4 is 38.3 Å². The molecule has 0 aliphatic heterocycles. The fourth-order valence-corrected chi connectivity index (χ4v) is 2.84. The van der Waals surface area contributed by atoms with Crippen molar-refractivity contribution in [2.24, 2.45) is 0 Å². The van der Waals surface area contributed by atoms with E-state index in [1.54, 1.807) is 19.2 Å². The number of carbonyl (C=O) groups is 1. The highest BCUT2D eigenvalue weighted by Gasteiger charge is 2.13. The zero-order valence-electron chi connectivity index (χ0n) is 11.5. The maximum Gasteiger partial charge on any atom is 0.293 e. The summed E-state index contributed by atoms with van der Waals surface area (Å²) in [6.07, 6.45) is 0. The minimum atomic E-state index is -0.332. The van der Waals surface area contributed by atoms with Gasteiger partial charge in [-0.2, -0.15) is 0 Å². The lowest BCUT2D eigenvalue weighted by Gasteiger charge is -2.00. The van der Waals surface area contributed by atoms with Crippen molar-refractivity contribution in [1.29, 1.82) is 0 Å². The van der Waals surface area contributed by atoms with Gasteiger partial charge in [0.25, 0.3) is 5.91 Å². The van der Waals surface area contributed by atoms with Crippen LogP contribution in [0.2, 0.25) is 0 Å². The number of anilines is 1. The normalized spacial score (nSPS) is 10.5. The molecule has 1 aromatic carbocycles. The summed E-state index contributed by atoms with van der Waals surface area (Å²) in [6.45, 7) is 0. The summed E-state index contributed by atoms with van der Waals surface area (Å²) >= 11 is 4.52. The summed E-state index contributed by atoms with van der Waals surface area (Å²) < 4.78 is 10.8. The Kier molecular flexibility index (Phi) is 4.26. The van der Waals surface area contributed by atoms with Crippen LogP contribution in [0.5, 0.6) is 5.75 Å². The van der Waals surface area contributed by atoms with Crippen molar-refractivity contribution in [2.75, 3.05) is 12.4 Å². The Morgan fingerprint density at radius 2 is 2.05 bits per heavy atom. The molecule has 112 valence electrons. The van der Waals surface area contributed by atoms with Crippen LogP contribution in [0, 0.1) is 0 Å². The zero-order chi connectivity index (χ0) is 15.5. The third-order valence-corrected chi connectivity index (χ3v) is 4.09. The average Bonchev–Trinajstić information content (AvgIpc) is 3.16. The van der Waals surface area contributed by atoms with E-state index in [0.29, 0.717) is 9.80 Å². The van der Waals surface area contributed by atoms with E-state index in [1.165, 1.54) is 11.3 Å². The van der Waals surface area contributed by atoms with Gasteiger partial charge >= 0.3 is 0 Å². The number of hydrogen-bond donors (Lipinski definition) is 1. The predicted octanol–water partition coefficient (Wildman–Crippen LogP) is 4.43. The van der Waals surface area contributed by atoms with Crippen molar-refractivity contribution < 1.29 is 13.9 Å². The highest BCUT2D eigenvalue weighted by molar-refractivity contribution is 9.10. The molecule has 0 spiro atoms. The van der Waals surface area contributed by atoms with E-state index in [4.69, 9.17) is 9.15 Å². The second-order valence-electron chi connectivity index (χ2n) is 4.32. The van der Waals surface area contributed by atoms with Crippen LogP contribution >= 0.6 is 27.3 Å². The smallest absolute Gasteiger partial charge is 0.293 e. The third-order valence-electron chi connectivity index (χ3n) is 2.91. The molecule has 0 bridgehead atoms. The summed E-state index contributed by atoms with van der Waals surface area (Å²) in [4.78, 5) is 16.4. The van der Waals surface area contributed by atoms with Crippen LogP contribution in [-0.4, -0.2) is 18.0 Å². The van der Waals surface area contributed by atoms with Crippen molar-refractivity contribution in [3.05, 3.63) is 52.2 Å². The monoisotopic (exact) mass is 378 g/mol. The Morgan fingerprint density at radius 1 is 1.27 bits per heavy atom. The molecule has 1 N–H and O–H groups in total. The molecule has 0 aliphatic carbocycles. The number of rotatable bonds is 4. The molecule has 0 atom stereocenters. The van der Waals surface area contributed by atoms with Gasteiger partial charge < -0.3 is 9.15 Å². The summed E-state index contributed by atoms with van der Waals surface area (Å²) in [5.41, 5.74) is 1.75. The van der Waals surface area contributed by atoms with Gasteiger partial charge in [-0.1, -0.05) is 0 Å². The fraction of sp³-hybridized carbons (Fsp3) is 0.0667. The largest absolute Gasteiger partial charge is 0.497 e. The maximum atomic E-state index is 12.0. The summed E-state index contributed by atoms with van der Waals surface area (Å²) in [6, 6.07) is 10.8. The number of amides is 1. The van der Waals surface area contributed by atoms with Crippen molar-refractivity contribution in [2.45, 2.75) is 0 Å². The number of halogens is 1. The van der Waals surface area contributed by atoms with Crippen LogP contribution in [-0.2, 0) is 0 Å². The molecule has 22 heavy (non-hydrogen) atoms. The topological polar surface area (TPSA) is 64.4 Å². The van der Waals surface area contributed by atoms with Crippen molar-refractivity contribution in [1.82, 2.24) is 4.98 Å². The number of thiazole rings is 1. The molecular weight excluding hydrogens is 368 g/mol. The highest BCUT2D eigenvalue weighted by Crippen LogP contribution is 2.27. The maximum absolute atomic E-state index is 12.0. The first kappa shape index (κ1) is 14.8. The SMILES string of the molecule is COc1ccc(-c2csc(NC(=O)c3ccc(Br)o3)n2)cc1. The van der Waals surface area contributed by atoms with E-state index >= 15 is 0 Å². The Hall–Kier alpha value is -2.12. The zero-order valence-corrected chi connectivity index (χ0v) is 13.9. The van der Waals surface area contributed by atoms with E-state index < -0.39 is 0 Å². The van der Waals surface area contributed by atoms with Crippen LogP contribution in [0.1, 0.15) is 10.6 Å². The summed E-state index contributed by atoms with van der Waals surface area (Å²) in [5.74, 6) is 0.685. The number of ether oxygens (including phenoxy) is 1. The number of methoxy groups -OCH3 is 1. The number of carbonyl (C=O) groups excluding carboxylic acids is 1. The van der Waals surface area contributed by atoms with E-state index in [0.717, 1.165) is 17.0 Å². The Bertz CT molecular complexity index is 795. The van der Waals surface area contributed by atoms with Crippen LogP contribution in [0.25, 0.3) is 11.3 Å². The average molecular weight is 379 g/mol. The number of aromatic nitrogens is 1. The van der Waals surface area contributed by atoms with E-state index in [9.17, 15) is 4.79 Å². The molecule has 2 aromatic heterocycles. The number of benzene rings is 1. The molecule has 1 amide bonds. The van der Waals surface area contributed by atoms with Gasteiger partial charge in [-0.3, -0.25) is 10.1 Å². The second-order valence-corrected chi connectivity index (χ2v) is 5.96. The first-order valence-electron chi connectivity index (χ1n) is 6.32. The molecule has 3 aromatic rings.